The van der Waals surface area contributed by atoms with Crippen LogP contribution in [0.5, 0.6) is 0 Å². The number of aromatic amines is 1. The van der Waals surface area contributed by atoms with E-state index >= 15 is 0 Å². The van der Waals surface area contributed by atoms with Crippen LogP contribution in [0.2, 0.25) is 0 Å². The number of aromatic nitrogens is 2. The van der Waals surface area contributed by atoms with Crippen LogP contribution in [0.25, 0.3) is 0 Å². The maximum atomic E-state index is 12.5. The Morgan fingerprint density at radius 1 is 1.42 bits per heavy atom. The molecule has 1 aromatic rings. The molecule has 6 nitrogen and oxygen atoms in total. The van der Waals surface area contributed by atoms with E-state index in [2.05, 4.69) is 29.4 Å². The lowest BCUT2D eigenvalue weighted by Gasteiger charge is -2.25. The molecule has 1 heterocycles. The summed E-state index contributed by atoms with van der Waals surface area (Å²) < 4.78 is 26.5. The Labute approximate surface area is 115 Å². The van der Waals surface area contributed by atoms with Crippen LogP contribution in [-0.4, -0.2) is 43.1 Å². The smallest absolute Gasteiger partial charge is 0.260 e. The predicted octanol–water partition coefficient (Wildman–Crippen LogP) is 1.18. The Kier molecular flexibility index (Phi) is 5.51. The van der Waals surface area contributed by atoms with E-state index < -0.39 is 10.0 Å². The summed E-state index contributed by atoms with van der Waals surface area (Å²) in [6.07, 6.45) is 2.37. The first-order chi connectivity index (χ1) is 8.80. The van der Waals surface area contributed by atoms with Crippen molar-refractivity contribution in [3.05, 3.63) is 11.8 Å². The number of hydrogen-bond donors (Lipinski definition) is 2. The fraction of sp³-hybridized carbons (Fsp3) is 0.750. The lowest BCUT2D eigenvalue weighted by atomic mass is 10.1. The molecule has 0 spiro atoms. The molecule has 0 bridgehead atoms. The molecule has 0 radical (unpaired) electrons. The Morgan fingerprint density at radius 3 is 2.58 bits per heavy atom. The molecule has 7 heteroatoms. The molecule has 1 rings (SSSR count). The van der Waals surface area contributed by atoms with Gasteiger partial charge in [0.15, 0.2) is 5.03 Å². The lowest BCUT2D eigenvalue weighted by Crippen LogP contribution is -2.36. The standard InChI is InChI=1S/C12H24N4O2S/c1-9(2)6-10(3)16(5)19(17,18)12-11(7-13-4)8-14-15-12/h8-10,13H,6-7H2,1-5H3,(H,14,15). The Balaban J connectivity index is 2.99. The van der Waals surface area contributed by atoms with Crippen LogP contribution in [0.15, 0.2) is 11.2 Å². The van der Waals surface area contributed by atoms with Crippen LogP contribution in [0.3, 0.4) is 0 Å². The lowest BCUT2D eigenvalue weighted by molar-refractivity contribution is 0.336. The van der Waals surface area contributed by atoms with Gasteiger partial charge in [0.2, 0.25) is 0 Å². The quantitative estimate of drug-likeness (QED) is 0.790. The third-order valence-corrected chi connectivity index (χ3v) is 5.10. The van der Waals surface area contributed by atoms with Gasteiger partial charge < -0.3 is 5.32 Å². The topological polar surface area (TPSA) is 78.1 Å². The van der Waals surface area contributed by atoms with Gasteiger partial charge in [-0.2, -0.15) is 9.40 Å². The minimum atomic E-state index is -3.52. The molecule has 2 N–H and O–H groups in total. The van der Waals surface area contributed by atoms with Crippen LogP contribution < -0.4 is 5.32 Å². The Morgan fingerprint density at radius 2 is 2.05 bits per heavy atom. The summed E-state index contributed by atoms with van der Waals surface area (Å²) in [5.74, 6) is 0.450. The van der Waals surface area contributed by atoms with E-state index in [4.69, 9.17) is 0 Å². The summed E-state index contributed by atoms with van der Waals surface area (Å²) in [6, 6.07) is -0.0456. The highest BCUT2D eigenvalue weighted by atomic mass is 32.2. The van der Waals surface area contributed by atoms with Crippen LogP contribution >= 0.6 is 0 Å². The van der Waals surface area contributed by atoms with Crippen LogP contribution in [0, 0.1) is 5.92 Å². The minimum absolute atomic E-state index is 0.0456. The first-order valence-corrected chi connectivity index (χ1v) is 7.89. The van der Waals surface area contributed by atoms with Gasteiger partial charge in [-0.05, 0) is 26.3 Å². The molecule has 0 aromatic carbocycles. The van der Waals surface area contributed by atoms with Crippen molar-refractivity contribution in [3.8, 4) is 0 Å². The van der Waals surface area contributed by atoms with Gasteiger partial charge in [0, 0.05) is 25.2 Å². The zero-order valence-corrected chi connectivity index (χ0v) is 13.1. The second-order valence-electron chi connectivity index (χ2n) is 5.25. The van der Waals surface area contributed by atoms with Gasteiger partial charge in [-0.3, -0.25) is 5.10 Å². The largest absolute Gasteiger partial charge is 0.316 e. The van der Waals surface area contributed by atoms with Crippen molar-refractivity contribution >= 4 is 10.0 Å². The maximum Gasteiger partial charge on any atom is 0.260 e. The van der Waals surface area contributed by atoms with Crippen molar-refractivity contribution in [3.63, 3.8) is 0 Å². The van der Waals surface area contributed by atoms with E-state index in [1.165, 1.54) is 4.31 Å². The third-order valence-electron chi connectivity index (χ3n) is 3.12. The second kappa shape index (κ2) is 6.49. The summed E-state index contributed by atoms with van der Waals surface area (Å²) in [4.78, 5) is 0. The third kappa shape index (κ3) is 3.77. The highest BCUT2D eigenvalue weighted by Gasteiger charge is 2.29. The SMILES string of the molecule is CNCc1cn[nH]c1S(=O)(=O)N(C)C(C)CC(C)C. The monoisotopic (exact) mass is 288 g/mol. The van der Waals surface area contributed by atoms with Crippen LogP contribution in [0.4, 0.5) is 0 Å². The highest BCUT2D eigenvalue weighted by Crippen LogP contribution is 2.20. The van der Waals surface area contributed by atoms with Gasteiger partial charge in [0.1, 0.15) is 0 Å². The minimum Gasteiger partial charge on any atom is -0.316 e. The summed E-state index contributed by atoms with van der Waals surface area (Å²) >= 11 is 0. The van der Waals surface area contributed by atoms with Gasteiger partial charge in [0.05, 0.1) is 6.20 Å². The van der Waals surface area contributed by atoms with E-state index in [0.717, 1.165) is 6.42 Å². The Bertz CT molecular complexity index is 496. The summed E-state index contributed by atoms with van der Waals surface area (Å²) in [7, 11) is -0.128. The number of sulfonamides is 1. The molecule has 110 valence electrons. The second-order valence-corrected chi connectivity index (χ2v) is 7.19. The van der Waals surface area contributed by atoms with Crippen molar-refractivity contribution in [2.24, 2.45) is 5.92 Å². The van der Waals surface area contributed by atoms with E-state index in [1.54, 1.807) is 20.3 Å². The van der Waals surface area contributed by atoms with E-state index in [9.17, 15) is 8.42 Å². The molecule has 1 atom stereocenters. The molecule has 0 aliphatic carbocycles. The first kappa shape index (κ1) is 16.1. The van der Waals surface area contributed by atoms with Crippen LogP contribution in [-0.2, 0) is 16.6 Å². The molecule has 0 amide bonds. The van der Waals surface area contributed by atoms with E-state index in [0.29, 0.717) is 18.0 Å². The fourth-order valence-electron chi connectivity index (χ4n) is 2.05. The van der Waals surface area contributed by atoms with E-state index in [1.807, 2.05) is 6.92 Å². The molecular weight excluding hydrogens is 264 g/mol. The molecule has 1 unspecified atom stereocenters. The van der Waals surface area contributed by atoms with Gasteiger partial charge in [0.25, 0.3) is 10.0 Å². The molecule has 19 heavy (non-hydrogen) atoms. The molecular formula is C12H24N4O2S. The maximum absolute atomic E-state index is 12.5. The molecule has 0 aliphatic rings. The van der Waals surface area contributed by atoms with Gasteiger partial charge in [-0.15, -0.1) is 0 Å². The van der Waals surface area contributed by atoms with E-state index in [-0.39, 0.29) is 11.1 Å². The zero-order valence-electron chi connectivity index (χ0n) is 12.3. The molecule has 0 fully saturated rings. The number of hydrogen-bond acceptors (Lipinski definition) is 4. The molecule has 1 aromatic heterocycles. The van der Waals surface area contributed by atoms with Gasteiger partial charge in [-0.1, -0.05) is 13.8 Å². The average Bonchev–Trinajstić information content (AvgIpc) is 2.76. The van der Waals surface area contributed by atoms with Crippen LogP contribution in [0.1, 0.15) is 32.8 Å². The van der Waals surface area contributed by atoms with Crippen molar-refractivity contribution < 1.29 is 8.42 Å². The van der Waals surface area contributed by atoms with Crippen molar-refractivity contribution in [1.82, 2.24) is 19.8 Å². The number of H-pyrrole nitrogens is 1. The Hall–Kier alpha value is -0.920. The van der Waals surface area contributed by atoms with Crippen molar-refractivity contribution in [2.45, 2.75) is 44.8 Å². The first-order valence-electron chi connectivity index (χ1n) is 6.45. The predicted molar refractivity (Wildman–Crippen MR) is 75.2 cm³/mol. The average molecular weight is 288 g/mol. The molecule has 0 aliphatic heterocycles. The summed E-state index contributed by atoms with van der Waals surface area (Å²) in [5.41, 5.74) is 0.658. The number of nitrogens with zero attached hydrogens (tertiary/aromatic N) is 2. The van der Waals surface area contributed by atoms with Gasteiger partial charge in [-0.25, -0.2) is 8.42 Å². The summed E-state index contributed by atoms with van der Waals surface area (Å²) in [5, 5.41) is 9.56. The van der Waals surface area contributed by atoms with Gasteiger partial charge >= 0.3 is 0 Å². The van der Waals surface area contributed by atoms with Crippen molar-refractivity contribution in [1.29, 1.82) is 0 Å². The van der Waals surface area contributed by atoms with Crippen molar-refractivity contribution in [2.75, 3.05) is 14.1 Å². The highest BCUT2D eigenvalue weighted by molar-refractivity contribution is 7.89. The normalized spacial score (nSPS) is 14.3. The summed E-state index contributed by atoms with van der Waals surface area (Å²) in [6.45, 7) is 6.56. The number of nitrogens with one attached hydrogen (secondary N) is 2. The molecule has 0 saturated heterocycles. The number of rotatable bonds is 7. The molecule has 0 saturated carbocycles. The zero-order chi connectivity index (χ0) is 14.6. The fourth-order valence-corrected chi connectivity index (χ4v) is 3.52.